The molecule has 0 aromatic carbocycles. The molecule has 1 aromatic rings. The predicted molar refractivity (Wildman–Crippen MR) is 63.6 cm³/mol. The topological polar surface area (TPSA) is 30.5 Å². The first-order chi connectivity index (χ1) is 7.17. The third kappa shape index (κ3) is 4.09. The lowest BCUT2D eigenvalue weighted by Crippen LogP contribution is -2.31. The molecule has 0 aliphatic carbocycles. The van der Waals surface area contributed by atoms with Gasteiger partial charge in [0.1, 0.15) is 0 Å². The highest BCUT2D eigenvalue weighted by Gasteiger charge is 2.10. The zero-order chi connectivity index (χ0) is 11.3. The summed E-state index contributed by atoms with van der Waals surface area (Å²) in [7, 11) is 3.26. The van der Waals surface area contributed by atoms with Gasteiger partial charge < -0.3 is 14.8 Å². The number of nitrogens with one attached hydrogen (secondary N) is 1. The summed E-state index contributed by atoms with van der Waals surface area (Å²) in [5.41, 5.74) is 0. The van der Waals surface area contributed by atoms with Gasteiger partial charge in [0.25, 0.3) is 0 Å². The fourth-order valence-corrected chi connectivity index (χ4v) is 2.29. The van der Waals surface area contributed by atoms with Gasteiger partial charge in [0.2, 0.25) is 0 Å². The first-order valence-corrected chi connectivity index (χ1v) is 5.91. The molecular formula is C10H16ClNO2S. The van der Waals surface area contributed by atoms with Crippen molar-refractivity contribution in [3.63, 3.8) is 0 Å². The van der Waals surface area contributed by atoms with Gasteiger partial charge >= 0.3 is 0 Å². The van der Waals surface area contributed by atoms with Crippen LogP contribution in [0.25, 0.3) is 0 Å². The quantitative estimate of drug-likeness (QED) is 0.787. The van der Waals surface area contributed by atoms with Gasteiger partial charge in [-0.1, -0.05) is 11.6 Å². The Bertz CT molecular complexity index is 289. The molecule has 15 heavy (non-hydrogen) atoms. The summed E-state index contributed by atoms with van der Waals surface area (Å²) in [6.07, 6.45) is -0.206. The molecule has 1 atom stereocenters. The van der Waals surface area contributed by atoms with Gasteiger partial charge in [-0.25, -0.2) is 0 Å². The Balaban J connectivity index is 2.39. The van der Waals surface area contributed by atoms with Crippen molar-refractivity contribution in [2.24, 2.45) is 0 Å². The van der Waals surface area contributed by atoms with Crippen LogP contribution >= 0.6 is 22.9 Å². The molecule has 1 unspecified atom stereocenters. The number of thiophene rings is 1. The standard InChI is InChI=1S/C10H16ClNO2S/c1-7(8-4-5-9(11)15-8)12-6-10(13-2)14-3/h4-5,7,10,12H,6H2,1-3H3. The Kier molecular flexibility index (Phi) is 5.56. The van der Waals surface area contributed by atoms with Gasteiger partial charge in [0.15, 0.2) is 6.29 Å². The summed E-state index contributed by atoms with van der Waals surface area (Å²) < 4.78 is 11.0. The minimum absolute atomic E-state index is 0.206. The van der Waals surface area contributed by atoms with E-state index in [0.717, 1.165) is 4.34 Å². The lowest BCUT2D eigenvalue weighted by Gasteiger charge is -2.17. The summed E-state index contributed by atoms with van der Waals surface area (Å²) in [6, 6.07) is 4.19. The van der Waals surface area contributed by atoms with Crippen LogP contribution in [0, 0.1) is 0 Å². The van der Waals surface area contributed by atoms with Crippen LogP contribution in [0.2, 0.25) is 4.34 Å². The molecule has 86 valence electrons. The molecule has 1 rings (SSSR count). The highest BCUT2D eigenvalue weighted by Crippen LogP contribution is 2.26. The Hall–Kier alpha value is -0.130. The van der Waals surface area contributed by atoms with Gasteiger partial charge in [0.05, 0.1) is 4.34 Å². The van der Waals surface area contributed by atoms with Crippen molar-refractivity contribution in [2.45, 2.75) is 19.3 Å². The first-order valence-electron chi connectivity index (χ1n) is 4.71. The predicted octanol–water partition coefficient (Wildman–Crippen LogP) is 2.67. The zero-order valence-electron chi connectivity index (χ0n) is 9.12. The number of halogens is 1. The minimum atomic E-state index is -0.206. The second-order valence-corrected chi connectivity index (χ2v) is 4.92. The highest BCUT2D eigenvalue weighted by molar-refractivity contribution is 7.16. The van der Waals surface area contributed by atoms with E-state index in [4.69, 9.17) is 21.1 Å². The third-order valence-corrected chi connectivity index (χ3v) is 3.55. The molecule has 3 nitrogen and oxygen atoms in total. The average molecular weight is 250 g/mol. The average Bonchev–Trinajstić information content (AvgIpc) is 2.66. The first kappa shape index (κ1) is 12.9. The molecule has 0 amide bonds. The monoisotopic (exact) mass is 249 g/mol. The molecule has 0 radical (unpaired) electrons. The number of hydrogen-bond acceptors (Lipinski definition) is 4. The molecule has 0 aliphatic rings. The second-order valence-electron chi connectivity index (χ2n) is 3.17. The van der Waals surface area contributed by atoms with Crippen molar-refractivity contribution >= 4 is 22.9 Å². The van der Waals surface area contributed by atoms with Crippen molar-refractivity contribution in [1.82, 2.24) is 5.32 Å². The van der Waals surface area contributed by atoms with E-state index in [9.17, 15) is 0 Å². The van der Waals surface area contributed by atoms with Crippen molar-refractivity contribution in [3.8, 4) is 0 Å². The van der Waals surface area contributed by atoms with Gasteiger partial charge in [-0.3, -0.25) is 0 Å². The summed E-state index contributed by atoms with van der Waals surface area (Å²) in [5.74, 6) is 0. The van der Waals surface area contributed by atoms with Crippen LogP contribution in [0.3, 0.4) is 0 Å². The smallest absolute Gasteiger partial charge is 0.169 e. The van der Waals surface area contributed by atoms with Crippen LogP contribution in [-0.2, 0) is 9.47 Å². The van der Waals surface area contributed by atoms with Crippen molar-refractivity contribution < 1.29 is 9.47 Å². The van der Waals surface area contributed by atoms with Gasteiger partial charge in [-0.05, 0) is 19.1 Å². The molecule has 1 N–H and O–H groups in total. The molecule has 1 aromatic heterocycles. The second kappa shape index (κ2) is 6.45. The van der Waals surface area contributed by atoms with Gasteiger partial charge in [-0.2, -0.15) is 0 Å². The third-order valence-electron chi connectivity index (χ3n) is 2.14. The summed E-state index contributed by atoms with van der Waals surface area (Å²) in [6.45, 7) is 2.74. The molecule has 0 spiro atoms. The van der Waals surface area contributed by atoms with Crippen molar-refractivity contribution in [3.05, 3.63) is 21.3 Å². The van der Waals surface area contributed by atoms with Crippen LogP contribution in [-0.4, -0.2) is 27.1 Å². The van der Waals surface area contributed by atoms with Crippen LogP contribution in [0.1, 0.15) is 17.8 Å². The van der Waals surface area contributed by atoms with E-state index in [2.05, 4.69) is 12.2 Å². The number of methoxy groups -OCH3 is 2. The lowest BCUT2D eigenvalue weighted by molar-refractivity contribution is -0.0997. The van der Waals surface area contributed by atoms with E-state index < -0.39 is 0 Å². The van der Waals surface area contributed by atoms with E-state index >= 15 is 0 Å². The lowest BCUT2D eigenvalue weighted by atomic mass is 10.3. The van der Waals surface area contributed by atoms with Gasteiger partial charge in [-0.15, -0.1) is 11.3 Å². The Morgan fingerprint density at radius 2 is 2.07 bits per heavy atom. The largest absolute Gasteiger partial charge is 0.355 e. The van der Waals surface area contributed by atoms with E-state index in [1.807, 2.05) is 12.1 Å². The number of ether oxygens (including phenoxy) is 2. The maximum atomic E-state index is 5.86. The molecule has 5 heteroatoms. The summed E-state index contributed by atoms with van der Waals surface area (Å²) in [5, 5.41) is 3.32. The number of rotatable bonds is 6. The minimum Gasteiger partial charge on any atom is -0.355 e. The highest BCUT2D eigenvalue weighted by atomic mass is 35.5. The van der Waals surface area contributed by atoms with Crippen molar-refractivity contribution in [2.75, 3.05) is 20.8 Å². The Morgan fingerprint density at radius 3 is 2.53 bits per heavy atom. The van der Waals surface area contributed by atoms with E-state index in [-0.39, 0.29) is 12.3 Å². The molecule has 1 heterocycles. The van der Waals surface area contributed by atoms with Crippen LogP contribution in [0.5, 0.6) is 0 Å². The molecular weight excluding hydrogens is 234 g/mol. The van der Waals surface area contributed by atoms with Crippen LogP contribution in [0.4, 0.5) is 0 Å². The van der Waals surface area contributed by atoms with Crippen LogP contribution < -0.4 is 5.32 Å². The summed E-state index contributed by atoms with van der Waals surface area (Å²) >= 11 is 7.45. The summed E-state index contributed by atoms with van der Waals surface area (Å²) in [4.78, 5) is 1.21. The molecule has 0 bridgehead atoms. The van der Waals surface area contributed by atoms with E-state index in [1.165, 1.54) is 4.88 Å². The SMILES string of the molecule is COC(CNC(C)c1ccc(Cl)s1)OC. The molecule has 0 aliphatic heterocycles. The Labute approximate surface area is 99.3 Å². The van der Waals surface area contributed by atoms with E-state index in [1.54, 1.807) is 25.6 Å². The maximum absolute atomic E-state index is 5.86. The Morgan fingerprint density at radius 1 is 1.40 bits per heavy atom. The fourth-order valence-electron chi connectivity index (χ4n) is 1.20. The zero-order valence-corrected chi connectivity index (χ0v) is 10.7. The normalized spacial score (nSPS) is 13.4. The molecule has 0 saturated heterocycles. The fraction of sp³-hybridized carbons (Fsp3) is 0.600. The molecule has 0 saturated carbocycles. The molecule has 0 fully saturated rings. The van der Waals surface area contributed by atoms with Crippen LogP contribution in [0.15, 0.2) is 12.1 Å². The van der Waals surface area contributed by atoms with E-state index in [0.29, 0.717) is 6.54 Å². The van der Waals surface area contributed by atoms with Crippen molar-refractivity contribution in [1.29, 1.82) is 0 Å². The van der Waals surface area contributed by atoms with Gasteiger partial charge in [0, 0.05) is 31.7 Å². The maximum Gasteiger partial charge on any atom is 0.169 e. The number of hydrogen-bond donors (Lipinski definition) is 1.